The maximum absolute atomic E-state index is 12.6. The third kappa shape index (κ3) is 5.91. The summed E-state index contributed by atoms with van der Waals surface area (Å²) in [5, 5.41) is 9.86. The predicted octanol–water partition coefficient (Wildman–Crippen LogP) is 6.78. The molecule has 0 atom stereocenters. The Kier molecular flexibility index (Phi) is 7.35. The van der Waals surface area contributed by atoms with Gasteiger partial charge < -0.3 is 9.15 Å². The van der Waals surface area contributed by atoms with Gasteiger partial charge in [0, 0.05) is 32.9 Å². The molecule has 0 fully saturated rings. The van der Waals surface area contributed by atoms with Crippen molar-refractivity contribution in [2.24, 2.45) is 5.10 Å². The molecule has 0 aliphatic rings. The van der Waals surface area contributed by atoms with E-state index in [4.69, 9.17) is 32.4 Å². The lowest BCUT2D eigenvalue weighted by atomic mass is 10.2. The molecule has 2 aromatic heterocycles. The van der Waals surface area contributed by atoms with Crippen LogP contribution in [0.15, 0.2) is 107 Å². The van der Waals surface area contributed by atoms with Crippen LogP contribution < -0.4 is 10.2 Å². The van der Waals surface area contributed by atoms with Crippen molar-refractivity contribution in [3.05, 3.63) is 124 Å². The van der Waals surface area contributed by atoms with Crippen LogP contribution in [0, 0.1) is 0 Å². The van der Waals surface area contributed by atoms with Crippen molar-refractivity contribution in [1.29, 1.82) is 0 Å². The van der Waals surface area contributed by atoms with Gasteiger partial charge in [0.2, 0.25) is 0 Å². The topological polar surface area (TPSA) is 81.7 Å². The number of hydrazone groups is 1. The Balaban J connectivity index is 1.24. The number of para-hydroxylation sites is 1. The summed E-state index contributed by atoms with van der Waals surface area (Å²) in [7, 11) is 0. The van der Waals surface area contributed by atoms with Gasteiger partial charge in [-0.2, -0.15) is 10.2 Å². The summed E-state index contributed by atoms with van der Waals surface area (Å²) in [6.07, 6.45) is 4.94. The smallest absolute Gasteiger partial charge is 0.271 e. The zero-order valence-electron chi connectivity index (χ0n) is 19.3. The first-order valence-electron chi connectivity index (χ1n) is 11.3. The van der Waals surface area contributed by atoms with E-state index in [9.17, 15) is 4.79 Å². The molecule has 0 radical (unpaired) electrons. The fourth-order valence-corrected chi connectivity index (χ4v) is 3.99. The average molecular weight is 531 g/mol. The van der Waals surface area contributed by atoms with E-state index in [0.29, 0.717) is 38.4 Å². The lowest BCUT2D eigenvalue weighted by Gasteiger charge is -2.08. The van der Waals surface area contributed by atoms with Crippen molar-refractivity contribution in [3.8, 4) is 22.9 Å². The fraction of sp³-hybridized carbons (Fsp3) is 0.0357. The van der Waals surface area contributed by atoms with Crippen LogP contribution in [-0.4, -0.2) is 21.9 Å². The first kappa shape index (κ1) is 24.4. The average Bonchev–Trinajstić information content (AvgIpc) is 3.59. The molecule has 37 heavy (non-hydrogen) atoms. The molecule has 0 saturated heterocycles. The lowest BCUT2D eigenvalue weighted by Crippen LogP contribution is -2.17. The van der Waals surface area contributed by atoms with Crippen LogP contribution in [-0.2, 0) is 6.61 Å². The summed E-state index contributed by atoms with van der Waals surface area (Å²) < 4.78 is 13.0. The molecule has 0 spiro atoms. The Labute approximate surface area is 222 Å². The van der Waals surface area contributed by atoms with Crippen LogP contribution >= 0.6 is 23.2 Å². The largest absolute Gasteiger partial charge is 0.489 e. The molecule has 0 unspecified atom stereocenters. The number of halogens is 2. The summed E-state index contributed by atoms with van der Waals surface area (Å²) in [6, 6.07) is 25.3. The highest BCUT2D eigenvalue weighted by atomic mass is 35.5. The standard InChI is InChI=1S/C28H20Cl2N4O3/c29-22-11-8-20(25(30)15-22)18-37-24-12-9-19(10-13-24)28(35)32-31-16-21-17-34(23-5-2-1-3-6-23)33-27(21)26-7-4-14-36-26/h1-17H,18H2,(H,32,35)/b31-16-. The van der Waals surface area contributed by atoms with Crippen molar-refractivity contribution in [2.45, 2.75) is 6.61 Å². The van der Waals surface area contributed by atoms with Crippen molar-refractivity contribution in [2.75, 3.05) is 0 Å². The summed E-state index contributed by atoms with van der Waals surface area (Å²) in [5.41, 5.74) is 5.97. The first-order chi connectivity index (χ1) is 18.1. The summed E-state index contributed by atoms with van der Waals surface area (Å²) in [4.78, 5) is 12.6. The lowest BCUT2D eigenvalue weighted by molar-refractivity contribution is 0.0955. The molecule has 0 saturated carbocycles. The second-order valence-corrected chi connectivity index (χ2v) is 8.78. The van der Waals surface area contributed by atoms with E-state index in [-0.39, 0.29) is 12.5 Å². The number of amides is 1. The number of ether oxygens (including phenoxy) is 1. The van der Waals surface area contributed by atoms with Gasteiger partial charge in [-0.1, -0.05) is 47.5 Å². The number of hydrogen-bond donors (Lipinski definition) is 1. The molecule has 1 amide bonds. The van der Waals surface area contributed by atoms with Crippen molar-refractivity contribution >= 4 is 35.3 Å². The van der Waals surface area contributed by atoms with E-state index >= 15 is 0 Å². The maximum atomic E-state index is 12.6. The first-order valence-corrected chi connectivity index (χ1v) is 12.0. The predicted molar refractivity (Wildman–Crippen MR) is 144 cm³/mol. The minimum absolute atomic E-state index is 0.278. The molecule has 1 N–H and O–H groups in total. The van der Waals surface area contributed by atoms with Gasteiger partial charge in [0.1, 0.15) is 18.1 Å². The summed E-state index contributed by atoms with van der Waals surface area (Å²) in [6.45, 7) is 0.278. The van der Waals surface area contributed by atoms with Gasteiger partial charge in [-0.05, 0) is 60.7 Å². The highest BCUT2D eigenvalue weighted by molar-refractivity contribution is 6.35. The van der Waals surface area contributed by atoms with Crippen molar-refractivity contribution < 1.29 is 13.9 Å². The number of nitrogens with one attached hydrogen (secondary N) is 1. The molecule has 5 aromatic rings. The van der Waals surface area contributed by atoms with E-state index in [1.807, 2.05) is 48.7 Å². The second kappa shape index (κ2) is 11.2. The van der Waals surface area contributed by atoms with Gasteiger partial charge in [0.15, 0.2) is 5.76 Å². The number of carbonyl (C=O) groups excluding carboxylic acids is 1. The van der Waals surface area contributed by atoms with Crippen LogP contribution in [0.2, 0.25) is 10.0 Å². The Hall–Kier alpha value is -4.33. The zero-order valence-corrected chi connectivity index (χ0v) is 20.9. The highest BCUT2D eigenvalue weighted by Gasteiger charge is 2.13. The molecule has 184 valence electrons. The fourth-order valence-electron chi connectivity index (χ4n) is 3.53. The van der Waals surface area contributed by atoms with Crippen LogP contribution in [0.5, 0.6) is 5.75 Å². The Morgan fingerprint density at radius 3 is 2.57 bits per heavy atom. The Bertz CT molecular complexity index is 1530. The number of carbonyl (C=O) groups is 1. The third-order valence-corrected chi connectivity index (χ3v) is 6.00. The molecule has 7 nitrogen and oxygen atoms in total. The van der Waals surface area contributed by atoms with E-state index in [1.54, 1.807) is 53.4 Å². The monoisotopic (exact) mass is 530 g/mol. The van der Waals surface area contributed by atoms with Gasteiger partial charge in [0.25, 0.3) is 5.91 Å². The van der Waals surface area contributed by atoms with Gasteiger partial charge >= 0.3 is 0 Å². The van der Waals surface area contributed by atoms with Crippen LogP contribution in [0.1, 0.15) is 21.5 Å². The van der Waals surface area contributed by atoms with E-state index < -0.39 is 0 Å². The minimum atomic E-state index is -0.362. The highest BCUT2D eigenvalue weighted by Crippen LogP contribution is 2.24. The Morgan fingerprint density at radius 2 is 1.84 bits per heavy atom. The molecular formula is C28H20Cl2N4O3. The van der Waals surface area contributed by atoms with Gasteiger partial charge in [-0.25, -0.2) is 10.1 Å². The molecule has 0 aliphatic heterocycles. The number of furan rings is 1. The SMILES string of the molecule is O=C(N/N=C\c1cn(-c2ccccc2)nc1-c1ccco1)c1ccc(OCc2ccc(Cl)cc2Cl)cc1. The van der Waals surface area contributed by atoms with Crippen LogP contribution in [0.25, 0.3) is 17.1 Å². The van der Waals surface area contributed by atoms with Crippen molar-refractivity contribution in [1.82, 2.24) is 15.2 Å². The molecular weight excluding hydrogens is 511 g/mol. The second-order valence-electron chi connectivity index (χ2n) is 7.94. The van der Waals surface area contributed by atoms with Gasteiger partial charge in [-0.15, -0.1) is 0 Å². The summed E-state index contributed by atoms with van der Waals surface area (Å²) >= 11 is 12.1. The Morgan fingerprint density at radius 1 is 1.03 bits per heavy atom. The van der Waals surface area contributed by atoms with E-state index in [1.165, 1.54) is 6.21 Å². The molecule has 9 heteroatoms. The number of benzene rings is 3. The van der Waals surface area contributed by atoms with Crippen molar-refractivity contribution in [3.63, 3.8) is 0 Å². The molecule has 0 bridgehead atoms. The number of aromatic nitrogens is 2. The molecule has 2 heterocycles. The molecule has 0 aliphatic carbocycles. The van der Waals surface area contributed by atoms with E-state index in [2.05, 4.69) is 15.6 Å². The summed E-state index contributed by atoms with van der Waals surface area (Å²) in [5.74, 6) is 0.832. The van der Waals surface area contributed by atoms with Crippen LogP contribution in [0.4, 0.5) is 0 Å². The van der Waals surface area contributed by atoms with Gasteiger partial charge in [-0.3, -0.25) is 4.79 Å². The van der Waals surface area contributed by atoms with Gasteiger partial charge in [0.05, 0.1) is 18.2 Å². The quantitative estimate of drug-likeness (QED) is 0.177. The molecule has 3 aromatic carbocycles. The number of rotatable bonds is 8. The number of hydrogen-bond acceptors (Lipinski definition) is 5. The maximum Gasteiger partial charge on any atom is 0.271 e. The van der Waals surface area contributed by atoms with Crippen LogP contribution in [0.3, 0.4) is 0 Å². The molecule has 5 rings (SSSR count). The normalized spacial score (nSPS) is 11.1. The van der Waals surface area contributed by atoms with E-state index in [0.717, 1.165) is 11.3 Å². The third-order valence-electron chi connectivity index (χ3n) is 5.41. The minimum Gasteiger partial charge on any atom is -0.489 e. The zero-order chi connectivity index (χ0) is 25.6. The number of nitrogens with zero attached hydrogens (tertiary/aromatic N) is 3.